The first kappa shape index (κ1) is 16.5. The van der Waals surface area contributed by atoms with Gasteiger partial charge in [-0.1, -0.05) is 55.7 Å². The lowest BCUT2D eigenvalue weighted by Gasteiger charge is -2.38. The number of fused-ring (bicyclic) bond motifs is 1. The average molecular weight is 288 g/mol. The Bertz CT molecular complexity index is 466. The van der Waals surface area contributed by atoms with Crippen molar-refractivity contribution in [2.75, 3.05) is 0 Å². The summed E-state index contributed by atoms with van der Waals surface area (Å²) in [5, 5.41) is 10.1. The fourth-order valence-corrected chi connectivity index (χ4v) is 4.30. The molecule has 0 radical (unpaired) electrons. The molecular weight excluding hydrogens is 256 g/mol. The minimum atomic E-state index is -0.318. The van der Waals surface area contributed by atoms with Crippen LogP contribution in [-0.2, 0) is 0 Å². The maximum atomic E-state index is 10.1. The molecule has 3 unspecified atom stereocenters. The first-order valence-corrected chi connectivity index (χ1v) is 8.53. The summed E-state index contributed by atoms with van der Waals surface area (Å²) in [6.07, 6.45) is 12.0. The molecule has 0 amide bonds. The van der Waals surface area contributed by atoms with Gasteiger partial charge in [-0.2, -0.15) is 0 Å². The Balaban J connectivity index is 2.31. The van der Waals surface area contributed by atoms with Gasteiger partial charge < -0.3 is 5.11 Å². The van der Waals surface area contributed by atoms with Gasteiger partial charge in [0.25, 0.3) is 0 Å². The smallest absolute Gasteiger partial charge is 0.0760 e. The Morgan fingerprint density at radius 2 is 1.90 bits per heavy atom. The number of aliphatic hydroxyl groups excluding tert-OH is 1. The minimum Gasteiger partial charge on any atom is -0.389 e. The molecule has 0 aromatic carbocycles. The van der Waals surface area contributed by atoms with Crippen molar-refractivity contribution >= 4 is 0 Å². The third kappa shape index (κ3) is 3.69. The van der Waals surface area contributed by atoms with Crippen molar-refractivity contribution in [1.82, 2.24) is 0 Å². The van der Waals surface area contributed by atoms with Crippen LogP contribution < -0.4 is 0 Å². The zero-order chi connectivity index (χ0) is 15.6. The summed E-state index contributed by atoms with van der Waals surface area (Å²) in [7, 11) is 0. The van der Waals surface area contributed by atoms with Crippen LogP contribution in [0.2, 0.25) is 0 Å². The van der Waals surface area contributed by atoms with Crippen molar-refractivity contribution in [3.05, 3.63) is 34.9 Å². The summed E-state index contributed by atoms with van der Waals surface area (Å²) >= 11 is 0. The molecule has 1 N–H and O–H groups in total. The van der Waals surface area contributed by atoms with Gasteiger partial charge in [0.15, 0.2) is 0 Å². The van der Waals surface area contributed by atoms with Crippen LogP contribution in [0.1, 0.15) is 66.7 Å². The molecule has 0 saturated heterocycles. The van der Waals surface area contributed by atoms with E-state index in [4.69, 9.17) is 0 Å². The Morgan fingerprint density at radius 1 is 1.19 bits per heavy atom. The molecule has 0 fully saturated rings. The van der Waals surface area contributed by atoms with E-state index in [0.717, 1.165) is 31.1 Å². The van der Waals surface area contributed by atoms with Crippen LogP contribution in [0.5, 0.6) is 0 Å². The predicted molar refractivity (Wildman–Crippen MR) is 91.1 cm³/mol. The molecule has 0 aliphatic heterocycles. The van der Waals surface area contributed by atoms with E-state index in [2.05, 4.69) is 52.8 Å². The third-order valence-corrected chi connectivity index (χ3v) is 5.69. The number of hydrogen-bond acceptors (Lipinski definition) is 1. The molecule has 2 rings (SSSR count). The molecule has 0 bridgehead atoms. The van der Waals surface area contributed by atoms with Crippen molar-refractivity contribution in [3.8, 4) is 0 Å². The highest BCUT2D eigenvalue weighted by molar-refractivity contribution is 5.27. The summed E-state index contributed by atoms with van der Waals surface area (Å²) in [4.78, 5) is 0. The first-order valence-electron chi connectivity index (χ1n) is 8.53. The Labute approximate surface area is 130 Å². The van der Waals surface area contributed by atoms with E-state index in [1.807, 2.05) is 0 Å². The summed E-state index contributed by atoms with van der Waals surface area (Å²) in [6.45, 7) is 11.5. The first-order chi connectivity index (χ1) is 9.83. The molecular formula is C20H32O. The van der Waals surface area contributed by atoms with Gasteiger partial charge in [0.2, 0.25) is 0 Å². The fourth-order valence-electron chi connectivity index (χ4n) is 4.30. The van der Waals surface area contributed by atoms with E-state index < -0.39 is 0 Å². The Kier molecular flexibility index (Phi) is 5.14. The van der Waals surface area contributed by atoms with E-state index in [1.54, 1.807) is 5.57 Å². The summed E-state index contributed by atoms with van der Waals surface area (Å²) < 4.78 is 0. The van der Waals surface area contributed by atoms with Gasteiger partial charge in [-0.15, -0.1) is 0 Å². The molecule has 118 valence electrons. The molecule has 0 aromatic rings. The molecule has 1 nitrogen and oxygen atoms in total. The van der Waals surface area contributed by atoms with Gasteiger partial charge in [-0.3, -0.25) is 0 Å². The van der Waals surface area contributed by atoms with Gasteiger partial charge in [0.05, 0.1) is 6.10 Å². The molecule has 2 aliphatic rings. The van der Waals surface area contributed by atoms with Crippen LogP contribution >= 0.6 is 0 Å². The highest BCUT2D eigenvalue weighted by Gasteiger charge is 2.41. The van der Waals surface area contributed by atoms with E-state index in [1.165, 1.54) is 24.0 Å². The lowest BCUT2D eigenvalue weighted by molar-refractivity contribution is 0.182. The van der Waals surface area contributed by atoms with Crippen LogP contribution in [0.4, 0.5) is 0 Å². The zero-order valence-electron chi connectivity index (χ0n) is 14.4. The predicted octanol–water partition coefficient (Wildman–Crippen LogP) is 5.42. The highest BCUT2D eigenvalue weighted by Crippen LogP contribution is 2.52. The Hall–Kier alpha value is -0.820. The lowest BCUT2D eigenvalue weighted by atomic mass is 9.67. The summed E-state index contributed by atoms with van der Waals surface area (Å²) in [5.41, 5.74) is 4.61. The van der Waals surface area contributed by atoms with Crippen molar-refractivity contribution in [1.29, 1.82) is 0 Å². The minimum absolute atomic E-state index is 0.318. The van der Waals surface area contributed by atoms with Gasteiger partial charge in [-0.25, -0.2) is 0 Å². The van der Waals surface area contributed by atoms with Crippen LogP contribution in [-0.4, -0.2) is 11.2 Å². The molecule has 2 aliphatic carbocycles. The van der Waals surface area contributed by atoms with Gasteiger partial charge in [0, 0.05) is 0 Å². The second-order valence-corrected chi connectivity index (χ2v) is 7.77. The second-order valence-electron chi connectivity index (χ2n) is 7.77. The quantitative estimate of drug-likeness (QED) is 0.638. The van der Waals surface area contributed by atoms with Crippen LogP contribution in [0.3, 0.4) is 0 Å². The average Bonchev–Trinajstić information content (AvgIpc) is 2.70. The fraction of sp³-hybridized carbons (Fsp3) is 0.700. The van der Waals surface area contributed by atoms with Crippen LogP contribution in [0.15, 0.2) is 34.9 Å². The number of hydrogen-bond donors (Lipinski definition) is 1. The van der Waals surface area contributed by atoms with Crippen LogP contribution in [0.25, 0.3) is 0 Å². The molecule has 21 heavy (non-hydrogen) atoms. The largest absolute Gasteiger partial charge is 0.389 e. The maximum absolute atomic E-state index is 10.1. The standard InChI is InChI=1S/C20H32O/c1-14(2)19-9-8-17-7-6-15(3)12-18(21)13-16(4)10-11-20(17,19)5/h6,8,13-14,18-19,21H,7,9-12H2,1-5H3. The van der Waals surface area contributed by atoms with E-state index >= 15 is 0 Å². The van der Waals surface area contributed by atoms with Gasteiger partial charge >= 0.3 is 0 Å². The lowest BCUT2D eigenvalue weighted by Crippen LogP contribution is -2.29. The van der Waals surface area contributed by atoms with Crippen LogP contribution in [0, 0.1) is 17.3 Å². The SMILES string of the molecule is CC1=CC(O)CC(C)=CCC2=CCC(C(C)C)C2(C)CC1. The summed E-state index contributed by atoms with van der Waals surface area (Å²) in [6, 6.07) is 0. The monoisotopic (exact) mass is 288 g/mol. The van der Waals surface area contributed by atoms with E-state index in [9.17, 15) is 5.11 Å². The summed E-state index contributed by atoms with van der Waals surface area (Å²) in [5.74, 6) is 1.49. The van der Waals surface area contributed by atoms with E-state index in [-0.39, 0.29) is 6.10 Å². The zero-order valence-corrected chi connectivity index (χ0v) is 14.4. The molecule has 1 heteroatoms. The number of rotatable bonds is 1. The molecule has 0 heterocycles. The topological polar surface area (TPSA) is 20.2 Å². The van der Waals surface area contributed by atoms with Crippen molar-refractivity contribution < 1.29 is 5.11 Å². The number of allylic oxidation sites excluding steroid dienone is 4. The molecule has 0 aromatic heterocycles. The van der Waals surface area contributed by atoms with E-state index in [0.29, 0.717) is 5.41 Å². The van der Waals surface area contributed by atoms with Gasteiger partial charge in [0.1, 0.15) is 0 Å². The van der Waals surface area contributed by atoms with Crippen molar-refractivity contribution in [2.45, 2.75) is 72.8 Å². The van der Waals surface area contributed by atoms with Gasteiger partial charge in [-0.05, 0) is 63.2 Å². The van der Waals surface area contributed by atoms with Crippen molar-refractivity contribution in [2.24, 2.45) is 17.3 Å². The second kappa shape index (κ2) is 6.52. The number of aliphatic hydroxyl groups is 1. The molecule has 3 atom stereocenters. The highest BCUT2D eigenvalue weighted by atomic mass is 16.3. The molecule has 0 saturated carbocycles. The third-order valence-electron chi connectivity index (χ3n) is 5.69. The van der Waals surface area contributed by atoms with Crippen molar-refractivity contribution in [3.63, 3.8) is 0 Å². The molecule has 0 spiro atoms. The normalized spacial score (nSPS) is 34.7. The Morgan fingerprint density at radius 3 is 2.57 bits per heavy atom. The maximum Gasteiger partial charge on any atom is 0.0760 e.